The first-order valence-electron chi connectivity index (χ1n) is 5.17. The SMILES string of the molecule is COC(=O)CCCC(CCC#N)C(=O)OC. The smallest absolute Gasteiger partial charge is 0.308 e. The maximum absolute atomic E-state index is 11.3. The molecule has 0 rings (SSSR count). The molecule has 0 fully saturated rings. The van der Waals surface area contributed by atoms with Crippen LogP contribution in [0.4, 0.5) is 0 Å². The molecular formula is C11H17NO4. The molecule has 0 saturated heterocycles. The summed E-state index contributed by atoms with van der Waals surface area (Å²) in [6.07, 6.45) is 2.19. The Morgan fingerprint density at radius 1 is 1.25 bits per heavy atom. The number of nitrogens with zero attached hydrogens (tertiary/aromatic N) is 1. The second-order valence-corrected chi connectivity index (χ2v) is 3.39. The molecule has 5 heteroatoms. The fraction of sp³-hybridized carbons (Fsp3) is 0.727. The largest absolute Gasteiger partial charge is 0.469 e. The first kappa shape index (κ1) is 14.4. The summed E-state index contributed by atoms with van der Waals surface area (Å²) in [5.41, 5.74) is 0. The summed E-state index contributed by atoms with van der Waals surface area (Å²) in [6, 6.07) is 1.99. The van der Waals surface area contributed by atoms with E-state index in [0.717, 1.165) is 0 Å². The molecule has 0 spiro atoms. The minimum atomic E-state index is -0.319. The van der Waals surface area contributed by atoms with Crippen molar-refractivity contribution in [2.75, 3.05) is 14.2 Å². The Hall–Kier alpha value is -1.57. The van der Waals surface area contributed by atoms with Crippen molar-refractivity contribution < 1.29 is 19.1 Å². The summed E-state index contributed by atoms with van der Waals surface area (Å²) in [4.78, 5) is 22.2. The fourth-order valence-electron chi connectivity index (χ4n) is 1.38. The quantitative estimate of drug-likeness (QED) is 0.615. The fourth-order valence-corrected chi connectivity index (χ4v) is 1.38. The number of hydrogen-bond donors (Lipinski definition) is 0. The van der Waals surface area contributed by atoms with E-state index in [2.05, 4.69) is 9.47 Å². The maximum atomic E-state index is 11.3. The molecule has 0 aromatic rings. The Balaban J connectivity index is 3.97. The van der Waals surface area contributed by atoms with Gasteiger partial charge in [-0.15, -0.1) is 0 Å². The molecule has 0 aromatic heterocycles. The summed E-state index contributed by atoms with van der Waals surface area (Å²) in [7, 11) is 2.65. The molecule has 0 N–H and O–H groups in total. The molecule has 16 heavy (non-hydrogen) atoms. The van der Waals surface area contributed by atoms with Crippen LogP contribution in [-0.4, -0.2) is 26.2 Å². The van der Waals surface area contributed by atoms with Crippen LogP contribution in [0.3, 0.4) is 0 Å². The minimum Gasteiger partial charge on any atom is -0.469 e. The van der Waals surface area contributed by atoms with Crippen LogP contribution in [0.15, 0.2) is 0 Å². The zero-order valence-corrected chi connectivity index (χ0v) is 9.69. The number of carbonyl (C=O) groups excluding carboxylic acids is 2. The third kappa shape index (κ3) is 6.02. The van der Waals surface area contributed by atoms with Crippen molar-refractivity contribution in [3.8, 4) is 6.07 Å². The molecule has 0 amide bonds. The zero-order chi connectivity index (χ0) is 12.4. The van der Waals surface area contributed by atoms with Gasteiger partial charge >= 0.3 is 11.9 Å². The average molecular weight is 227 g/mol. The third-order valence-corrected chi connectivity index (χ3v) is 2.30. The lowest BCUT2D eigenvalue weighted by atomic mass is 9.97. The van der Waals surface area contributed by atoms with E-state index < -0.39 is 0 Å². The lowest BCUT2D eigenvalue weighted by Crippen LogP contribution is -2.16. The summed E-state index contributed by atoms with van der Waals surface area (Å²) in [6.45, 7) is 0. The van der Waals surface area contributed by atoms with E-state index in [1.54, 1.807) is 0 Å². The first-order valence-corrected chi connectivity index (χ1v) is 5.17. The number of esters is 2. The highest BCUT2D eigenvalue weighted by Crippen LogP contribution is 2.16. The number of methoxy groups -OCH3 is 2. The van der Waals surface area contributed by atoms with Crippen LogP contribution in [0.1, 0.15) is 32.1 Å². The monoisotopic (exact) mass is 227 g/mol. The van der Waals surface area contributed by atoms with Gasteiger partial charge in [0.2, 0.25) is 0 Å². The highest BCUT2D eigenvalue weighted by atomic mass is 16.5. The van der Waals surface area contributed by atoms with Crippen LogP contribution in [0.5, 0.6) is 0 Å². The lowest BCUT2D eigenvalue weighted by molar-refractivity contribution is -0.146. The van der Waals surface area contributed by atoms with Crippen LogP contribution < -0.4 is 0 Å². The van der Waals surface area contributed by atoms with Gasteiger partial charge in [0.15, 0.2) is 0 Å². The highest BCUT2D eigenvalue weighted by molar-refractivity contribution is 5.72. The van der Waals surface area contributed by atoms with Crippen molar-refractivity contribution in [2.24, 2.45) is 5.92 Å². The summed E-state index contributed by atoms with van der Waals surface area (Å²) < 4.78 is 9.12. The second kappa shape index (κ2) is 8.72. The molecule has 0 aromatic carbocycles. The summed E-state index contributed by atoms with van der Waals surface area (Å²) in [5, 5.41) is 8.45. The van der Waals surface area contributed by atoms with Crippen molar-refractivity contribution in [1.29, 1.82) is 5.26 Å². The Kier molecular flexibility index (Phi) is 7.86. The normalized spacial score (nSPS) is 11.3. The molecule has 5 nitrogen and oxygen atoms in total. The van der Waals surface area contributed by atoms with E-state index in [9.17, 15) is 9.59 Å². The second-order valence-electron chi connectivity index (χ2n) is 3.39. The van der Waals surface area contributed by atoms with Crippen LogP contribution in [0.2, 0.25) is 0 Å². The standard InChI is InChI=1S/C11H17NO4/c1-15-10(13)7-3-5-9(6-4-8-12)11(14)16-2/h9H,3-7H2,1-2H3. The predicted octanol–water partition coefficient (Wildman–Crippen LogP) is 1.42. The Labute approximate surface area is 95.3 Å². The number of hydrogen-bond acceptors (Lipinski definition) is 5. The van der Waals surface area contributed by atoms with Gasteiger partial charge in [-0.3, -0.25) is 9.59 Å². The van der Waals surface area contributed by atoms with Crippen molar-refractivity contribution >= 4 is 11.9 Å². The highest BCUT2D eigenvalue weighted by Gasteiger charge is 2.18. The first-order chi connectivity index (χ1) is 7.65. The van der Waals surface area contributed by atoms with Gasteiger partial charge in [0.1, 0.15) is 0 Å². The molecule has 90 valence electrons. The van der Waals surface area contributed by atoms with E-state index in [-0.39, 0.29) is 24.3 Å². The average Bonchev–Trinajstić information content (AvgIpc) is 2.32. The molecule has 0 aliphatic rings. The molecule has 0 aliphatic carbocycles. The lowest BCUT2D eigenvalue weighted by Gasteiger charge is -2.12. The van der Waals surface area contributed by atoms with E-state index in [1.807, 2.05) is 6.07 Å². The molecule has 0 saturated carbocycles. The molecule has 0 heterocycles. The predicted molar refractivity (Wildman–Crippen MR) is 56.2 cm³/mol. The van der Waals surface area contributed by atoms with Gasteiger partial charge in [-0.2, -0.15) is 5.26 Å². The molecule has 1 atom stereocenters. The number of carbonyl (C=O) groups is 2. The van der Waals surface area contributed by atoms with Crippen molar-refractivity contribution in [3.05, 3.63) is 0 Å². The van der Waals surface area contributed by atoms with E-state index in [4.69, 9.17) is 5.26 Å². The van der Waals surface area contributed by atoms with E-state index in [1.165, 1.54) is 14.2 Å². The Morgan fingerprint density at radius 2 is 1.94 bits per heavy atom. The summed E-state index contributed by atoms with van der Waals surface area (Å²) >= 11 is 0. The van der Waals surface area contributed by atoms with Crippen molar-refractivity contribution in [2.45, 2.75) is 32.1 Å². The van der Waals surface area contributed by atoms with Gasteiger partial charge in [0.25, 0.3) is 0 Å². The Bertz CT molecular complexity index is 270. The van der Waals surface area contributed by atoms with Crippen molar-refractivity contribution in [1.82, 2.24) is 0 Å². The molecule has 1 unspecified atom stereocenters. The number of rotatable bonds is 7. The topological polar surface area (TPSA) is 76.4 Å². The molecular weight excluding hydrogens is 210 g/mol. The van der Waals surface area contributed by atoms with Crippen LogP contribution in [0.25, 0.3) is 0 Å². The summed E-state index contributed by atoms with van der Waals surface area (Å²) in [5.74, 6) is -0.904. The Morgan fingerprint density at radius 3 is 2.44 bits per heavy atom. The molecule has 0 radical (unpaired) electrons. The third-order valence-electron chi connectivity index (χ3n) is 2.30. The van der Waals surface area contributed by atoms with Gasteiger partial charge in [-0.1, -0.05) is 0 Å². The van der Waals surface area contributed by atoms with E-state index in [0.29, 0.717) is 25.7 Å². The minimum absolute atomic E-state index is 0.288. The van der Waals surface area contributed by atoms with Gasteiger partial charge < -0.3 is 9.47 Å². The maximum Gasteiger partial charge on any atom is 0.308 e. The van der Waals surface area contributed by atoms with Gasteiger partial charge in [0.05, 0.1) is 26.2 Å². The number of nitriles is 1. The number of ether oxygens (including phenoxy) is 2. The van der Waals surface area contributed by atoms with Crippen molar-refractivity contribution in [3.63, 3.8) is 0 Å². The molecule has 0 bridgehead atoms. The van der Waals surface area contributed by atoms with Gasteiger partial charge in [-0.05, 0) is 19.3 Å². The van der Waals surface area contributed by atoms with E-state index >= 15 is 0 Å². The van der Waals surface area contributed by atoms with Gasteiger partial charge in [0, 0.05) is 12.8 Å². The van der Waals surface area contributed by atoms with Crippen LogP contribution in [0, 0.1) is 17.2 Å². The van der Waals surface area contributed by atoms with Crippen LogP contribution >= 0.6 is 0 Å². The zero-order valence-electron chi connectivity index (χ0n) is 9.69. The van der Waals surface area contributed by atoms with Gasteiger partial charge in [-0.25, -0.2) is 0 Å². The van der Waals surface area contributed by atoms with Crippen LogP contribution in [-0.2, 0) is 19.1 Å². The molecule has 0 aliphatic heterocycles.